The Balaban J connectivity index is 4.42. The average molecular weight is 304 g/mol. The third-order valence-corrected chi connectivity index (χ3v) is 3.33. The predicted molar refractivity (Wildman–Crippen MR) is 79.8 cm³/mol. The summed E-state index contributed by atoms with van der Waals surface area (Å²) in [6.45, 7) is 13.4. The lowest BCUT2D eigenvalue weighted by atomic mass is 10.2. The van der Waals surface area contributed by atoms with E-state index in [4.69, 9.17) is 13.9 Å². The number of rotatable bonds is 8. The van der Waals surface area contributed by atoms with Crippen LogP contribution in [0.1, 0.15) is 27.7 Å². The van der Waals surface area contributed by atoms with Crippen LogP contribution in [0.3, 0.4) is 0 Å². The van der Waals surface area contributed by atoms with Gasteiger partial charge >= 0.3 is 11.9 Å². The first-order valence-electron chi connectivity index (χ1n) is 7.04. The van der Waals surface area contributed by atoms with E-state index in [1.165, 1.54) is 0 Å². The highest BCUT2D eigenvalue weighted by atomic mass is 28.4. The Labute approximate surface area is 123 Å². The minimum atomic E-state index is -1.80. The van der Waals surface area contributed by atoms with E-state index in [9.17, 15) is 9.59 Å². The van der Waals surface area contributed by atoms with E-state index in [-0.39, 0.29) is 37.0 Å². The van der Waals surface area contributed by atoms with Crippen molar-refractivity contribution < 1.29 is 23.5 Å². The van der Waals surface area contributed by atoms with Crippen molar-refractivity contribution in [3.63, 3.8) is 0 Å². The molecule has 0 atom stereocenters. The molecule has 0 aromatic heterocycles. The molecule has 0 aliphatic rings. The van der Waals surface area contributed by atoms with E-state index in [0.29, 0.717) is 0 Å². The van der Waals surface area contributed by atoms with E-state index in [2.05, 4.69) is 0 Å². The van der Waals surface area contributed by atoms with Gasteiger partial charge in [0.05, 0.1) is 11.8 Å². The summed E-state index contributed by atoms with van der Waals surface area (Å²) in [5.41, 5.74) is 0. The topological polar surface area (TPSA) is 61.8 Å². The van der Waals surface area contributed by atoms with Gasteiger partial charge in [-0.1, -0.05) is 27.7 Å². The van der Waals surface area contributed by atoms with Gasteiger partial charge in [-0.25, -0.2) is 0 Å². The molecule has 0 N–H and O–H groups in total. The van der Waals surface area contributed by atoms with Crippen molar-refractivity contribution in [2.45, 2.75) is 53.4 Å². The normalized spacial score (nSPS) is 12.1. The smallest absolute Gasteiger partial charge is 0.308 e. The van der Waals surface area contributed by atoms with Gasteiger partial charge in [0.25, 0.3) is 0 Å². The second-order valence-corrected chi connectivity index (χ2v) is 10.9. The fraction of sp³-hybridized carbons (Fsp3) is 0.857. The average Bonchev–Trinajstić information content (AvgIpc) is 2.29. The molecular formula is C14H28O5Si. The van der Waals surface area contributed by atoms with Crippen molar-refractivity contribution in [2.75, 3.05) is 13.2 Å². The van der Waals surface area contributed by atoms with E-state index in [1.54, 1.807) is 27.7 Å². The van der Waals surface area contributed by atoms with Gasteiger partial charge in [-0.2, -0.15) is 0 Å². The highest BCUT2D eigenvalue weighted by molar-refractivity contribution is 6.69. The molecule has 0 amide bonds. The fourth-order valence-electron chi connectivity index (χ4n) is 1.30. The van der Waals surface area contributed by atoms with Crippen LogP contribution < -0.4 is 0 Å². The van der Waals surface area contributed by atoms with Crippen molar-refractivity contribution in [3.05, 3.63) is 0 Å². The largest absolute Gasteiger partial charge is 0.463 e. The zero-order valence-corrected chi connectivity index (χ0v) is 14.7. The molecule has 0 aromatic rings. The summed E-state index contributed by atoms with van der Waals surface area (Å²) in [6, 6.07) is 0. The zero-order valence-electron chi connectivity index (χ0n) is 13.7. The molecule has 20 heavy (non-hydrogen) atoms. The van der Waals surface area contributed by atoms with E-state index in [1.807, 2.05) is 19.6 Å². The Morgan fingerprint density at radius 3 is 1.45 bits per heavy atom. The lowest BCUT2D eigenvalue weighted by Crippen LogP contribution is -2.39. The second-order valence-electron chi connectivity index (χ2n) is 6.42. The first-order valence-corrected chi connectivity index (χ1v) is 10.4. The Kier molecular flexibility index (Phi) is 8.04. The van der Waals surface area contributed by atoms with Gasteiger partial charge < -0.3 is 13.9 Å². The van der Waals surface area contributed by atoms with Crippen molar-refractivity contribution in [2.24, 2.45) is 11.8 Å². The summed E-state index contributed by atoms with van der Waals surface area (Å²) >= 11 is 0. The molecule has 0 unspecified atom stereocenters. The molecule has 0 spiro atoms. The minimum absolute atomic E-state index is 0.118. The van der Waals surface area contributed by atoms with Crippen molar-refractivity contribution in [1.29, 1.82) is 0 Å². The van der Waals surface area contributed by atoms with Gasteiger partial charge in [-0.15, -0.1) is 0 Å². The molecule has 0 aromatic carbocycles. The molecule has 0 rings (SSSR count). The lowest BCUT2D eigenvalue weighted by Gasteiger charge is -2.26. The molecule has 0 saturated heterocycles. The third-order valence-electron chi connectivity index (χ3n) is 2.29. The van der Waals surface area contributed by atoms with Gasteiger partial charge in [-0.3, -0.25) is 9.59 Å². The van der Waals surface area contributed by atoms with Gasteiger partial charge in [0.1, 0.15) is 19.3 Å². The summed E-state index contributed by atoms with van der Waals surface area (Å²) < 4.78 is 16.2. The Morgan fingerprint density at radius 2 is 1.20 bits per heavy atom. The first-order chi connectivity index (χ1) is 9.03. The van der Waals surface area contributed by atoms with Crippen LogP contribution in [0.25, 0.3) is 0 Å². The Morgan fingerprint density at radius 1 is 0.850 bits per heavy atom. The first kappa shape index (κ1) is 19.1. The standard InChI is InChI=1S/C14H28O5Si/c1-10(2)13(15)17-8-12(19-20(5,6)7)9-18-14(16)11(3)4/h10-12H,8-9H2,1-7H3. The quantitative estimate of drug-likeness (QED) is 0.509. The number of ether oxygens (including phenoxy) is 2. The van der Waals surface area contributed by atoms with Crippen LogP contribution in [0.15, 0.2) is 0 Å². The maximum atomic E-state index is 11.5. The van der Waals surface area contributed by atoms with Crippen LogP contribution in [0.5, 0.6) is 0 Å². The predicted octanol–water partition coefficient (Wildman–Crippen LogP) is 2.60. The molecule has 0 aliphatic carbocycles. The van der Waals surface area contributed by atoms with E-state index >= 15 is 0 Å². The van der Waals surface area contributed by atoms with Gasteiger partial charge in [0.2, 0.25) is 0 Å². The number of hydrogen-bond donors (Lipinski definition) is 0. The third kappa shape index (κ3) is 9.09. The Bertz CT molecular complexity index is 296. The summed E-state index contributed by atoms with van der Waals surface area (Å²) in [5.74, 6) is -0.907. The van der Waals surface area contributed by atoms with E-state index < -0.39 is 14.4 Å². The van der Waals surface area contributed by atoms with Crippen molar-refractivity contribution in [3.8, 4) is 0 Å². The highest BCUT2D eigenvalue weighted by Crippen LogP contribution is 2.10. The maximum Gasteiger partial charge on any atom is 0.308 e. The van der Waals surface area contributed by atoms with Crippen LogP contribution in [0.2, 0.25) is 19.6 Å². The maximum absolute atomic E-state index is 11.5. The van der Waals surface area contributed by atoms with E-state index in [0.717, 1.165) is 0 Å². The molecule has 0 saturated carbocycles. The molecule has 0 radical (unpaired) electrons. The summed E-state index contributed by atoms with van der Waals surface area (Å²) in [5, 5.41) is 0. The van der Waals surface area contributed by atoms with Crippen LogP contribution in [-0.4, -0.2) is 39.6 Å². The lowest BCUT2D eigenvalue weighted by molar-refractivity contribution is -0.155. The number of hydrogen-bond acceptors (Lipinski definition) is 5. The molecule has 0 heterocycles. The SMILES string of the molecule is CC(C)C(=O)OCC(COC(=O)C(C)C)O[Si](C)(C)C. The van der Waals surface area contributed by atoms with Gasteiger partial charge in [0, 0.05) is 0 Å². The zero-order chi connectivity index (χ0) is 15.9. The summed E-state index contributed by atoms with van der Waals surface area (Å²) in [4.78, 5) is 23.0. The highest BCUT2D eigenvalue weighted by Gasteiger charge is 2.24. The molecule has 0 aliphatic heterocycles. The van der Waals surface area contributed by atoms with Gasteiger partial charge in [0.15, 0.2) is 8.32 Å². The number of carbonyl (C=O) groups excluding carboxylic acids is 2. The summed E-state index contributed by atoms with van der Waals surface area (Å²) in [7, 11) is -1.80. The fourth-order valence-corrected chi connectivity index (χ4v) is 2.44. The molecule has 6 heteroatoms. The Hall–Kier alpha value is -0.883. The van der Waals surface area contributed by atoms with Crippen LogP contribution in [0.4, 0.5) is 0 Å². The van der Waals surface area contributed by atoms with Crippen LogP contribution in [-0.2, 0) is 23.5 Å². The molecule has 0 bridgehead atoms. The second kappa shape index (κ2) is 8.41. The van der Waals surface area contributed by atoms with Crippen LogP contribution >= 0.6 is 0 Å². The van der Waals surface area contributed by atoms with Crippen molar-refractivity contribution in [1.82, 2.24) is 0 Å². The van der Waals surface area contributed by atoms with Crippen LogP contribution in [0, 0.1) is 11.8 Å². The molecular weight excluding hydrogens is 276 g/mol. The molecule has 118 valence electrons. The summed E-state index contributed by atoms with van der Waals surface area (Å²) in [6.07, 6.45) is -0.396. The van der Waals surface area contributed by atoms with Crippen molar-refractivity contribution >= 4 is 20.3 Å². The number of esters is 2. The minimum Gasteiger partial charge on any atom is -0.463 e. The number of carbonyl (C=O) groups is 2. The monoisotopic (exact) mass is 304 g/mol. The molecule has 5 nitrogen and oxygen atoms in total. The van der Waals surface area contributed by atoms with Gasteiger partial charge in [-0.05, 0) is 19.6 Å². The molecule has 0 fully saturated rings.